The molecule has 3 aromatic heterocycles. The fourth-order valence-electron chi connectivity index (χ4n) is 7.27. The Bertz CT molecular complexity index is 4770. The molecule has 0 saturated heterocycles. The first kappa shape index (κ1) is 66.3. The Kier molecular flexibility index (Phi) is 21.0. The number of nitrogens with two attached hydrogens (primary N) is 1. The highest BCUT2D eigenvalue weighted by atomic mass is 35.5. The first-order valence-corrected chi connectivity index (χ1v) is 33.9. The molecule has 31 nitrogen and oxygen atoms in total. The topological polar surface area (TPSA) is 500 Å². The van der Waals surface area contributed by atoms with Crippen molar-refractivity contribution in [1.82, 2.24) is 14.4 Å². The summed E-state index contributed by atoms with van der Waals surface area (Å²) in [5, 5.41) is 36.8. The quantitative estimate of drug-likeness (QED) is 0.0172. The van der Waals surface area contributed by atoms with Crippen molar-refractivity contribution < 1.29 is 92.1 Å². The van der Waals surface area contributed by atoms with Crippen molar-refractivity contribution in [3.8, 4) is 11.6 Å². The Labute approximate surface area is 494 Å². The lowest BCUT2D eigenvalue weighted by molar-refractivity contribution is 0.100. The molecule has 84 heavy (non-hydrogen) atoms. The van der Waals surface area contributed by atoms with E-state index >= 15 is 0 Å². The Morgan fingerprint density at radius 3 is 1.92 bits per heavy atom. The largest absolute Gasteiger partial charge is 0.493 e. The van der Waals surface area contributed by atoms with E-state index in [4.69, 9.17) is 50.9 Å². The molecule has 0 aliphatic heterocycles. The lowest BCUT2D eigenvalue weighted by Gasteiger charge is -2.12. The summed E-state index contributed by atoms with van der Waals surface area (Å²) in [6.07, 6.45) is 0.483. The van der Waals surface area contributed by atoms with Crippen molar-refractivity contribution in [2.24, 2.45) is 36.4 Å². The van der Waals surface area contributed by atoms with Crippen LogP contribution in [-0.2, 0) is 61.2 Å². The van der Waals surface area contributed by atoms with Crippen LogP contribution < -0.4 is 10.5 Å². The molecule has 0 aliphatic rings. The molecule has 0 unspecified atom stereocenters. The Balaban J connectivity index is 0.00000117. The molecule has 8 rings (SSSR count). The Morgan fingerprint density at radius 1 is 0.738 bits per heavy atom. The normalized spacial score (nSPS) is 12.6. The van der Waals surface area contributed by atoms with Gasteiger partial charge in [0.25, 0.3) is 56.5 Å². The molecule has 5 aromatic carbocycles. The van der Waals surface area contributed by atoms with Crippen LogP contribution in [0.4, 0.5) is 33.6 Å². The van der Waals surface area contributed by atoms with Gasteiger partial charge in [0, 0.05) is 16.3 Å². The van der Waals surface area contributed by atoms with Gasteiger partial charge in [-0.3, -0.25) is 32.0 Å². The number of halogens is 2. The lowest BCUT2D eigenvalue weighted by atomic mass is 10.1. The molecular formula is C43H38Cl2N10O21S8. The number of carbonyl (C=O) groups excluding carboxylic acids is 1. The minimum Gasteiger partial charge on any atom is -0.493 e. The van der Waals surface area contributed by atoms with E-state index in [1.54, 1.807) is 24.3 Å². The number of carbonyl (C=O) groups is 1. The molecule has 0 bridgehead atoms. The predicted octanol–water partition coefficient (Wildman–Crippen LogP) is 8.94. The van der Waals surface area contributed by atoms with Crippen LogP contribution in [0.5, 0.6) is 11.6 Å². The van der Waals surface area contributed by atoms with E-state index in [0.29, 0.717) is 17.3 Å². The minimum absolute atomic E-state index is 0.0291. The molecule has 0 aliphatic carbocycles. The maximum atomic E-state index is 12.7. The van der Waals surface area contributed by atoms with Gasteiger partial charge in [0.05, 0.1) is 60.6 Å². The molecular weight excluding hydrogens is 1320 g/mol. The zero-order chi connectivity index (χ0) is 62.4. The van der Waals surface area contributed by atoms with Gasteiger partial charge < -0.3 is 15.6 Å². The van der Waals surface area contributed by atoms with Gasteiger partial charge in [-0.1, -0.05) is 52.7 Å². The van der Waals surface area contributed by atoms with E-state index in [1.807, 2.05) is 0 Å². The van der Waals surface area contributed by atoms with Gasteiger partial charge in [-0.2, -0.15) is 42.1 Å². The minimum atomic E-state index is -4.89. The molecule has 0 saturated carbocycles. The summed E-state index contributed by atoms with van der Waals surface area (Å²) in [4.78, 5) is 20.6. The number of primary amides is 1. The fraction of sp³-hybridized carbons (Fsp3) is 0.186. The standard InChI is InChI=1S/C42H34Cl2N10O15S6.CH4O3S.O3S/c1-20-35(39(45)55)40-46-26-6-2-3-7-31(26)54(40)41(56)36(20)52-50-29-16-24(43)27(18-32(29)69-10-4-12-72(57,58)59)48-51-30-17-25(44)28(19-33(30)70-11-5-13-73(60,61)62)49-53-42-47-37-34(75(66,67)68)14-21-8-9-22(74(63,64)65)15-23(21)38(37)71-42;1-5(2,3)4;1-4(2)3/h2-3,6-9,14-19,56H,4-5,10-13H2,1H3,(H2,45,55)(H,57,58,59)(H,60,61,62)(H,63,64,65)(H,66,67,68);1H3,(H,2,3,4);. The van der Waals surface area contributed by atoms with Gasteiger partial charge in [0.2, 0.25) is 11.0 Å². The number of imidazole rings is 1. The Hall–Kier alpha value is -6.83. The fourth-order valence-corrected chi connectivity index (χ4v) is 12.0. The smallest absolute Gasteiger partial charge is 0.425 e. The molecule has 1 amide bonds. The number of ether oxygens (including phenoxy) is 1. The van der Waals surface area contributed by atoms with Gasteiger partial charge in [0.15, 0.2) is 5.65 Å². The van der Waals surface area contributed by atoms with Gasteiger partial charge in [-0.15, -0.1) is 55.1 Å². The number of rotatable bonds is 19. The van der Waals surface area contributed by atoms with Crippen molar-refractivity contribution in [3.63, 3.8) is 0 Å². The van der Waals surface area contributed by atoms with Crippen molar-refractivity contribution in [1.29, 1.82) is 0 Å². The average molecular weight is 1360 g/mol. The van der Waals surface area contributed by atoms with Crippen LogP contribution >= 0.6 is 46.3 Å². The summed E-state index contributed by atoms with van der Waals surface area (Å²) in [6.45, 7) is 1.17. The van der Waals surface area contributed by atoms with E-state index < -0.39 is 94.3 Å². The number of thiazole rings is 1. The zero-order valence-corrected chi connectivity index (χ0v) is 50.1. The van der Waals surface area contributed by atoms with E-state index in [2.05, 4.69) is 40.7 Å². The van der Waals surface area contributed by atoms with Crippen molar-refractivity contribution >= 4 is 185 Å². The number of para-hydroxylation sites is 2. The number of amides is 1. The van der Waals surface area contributed by atoms with Crippen LogP contribution in [0.3, 0.4) is 0 Å². The third kappa shape index (κ3) is 17.9. The molecule has 3 heterocycles. The first-order valence-electron chi connectivity index (χ1n) is 22.4. The van der Waals surface area contributed by atoms with Crippen LogP contribution in [0, 0.1) is 6.92 Å². The highest BCUT2D eigenvalue weighted by Gasteiger charge is 2.25. The molecule has 0 spiro atoms. The second-order valence-electron chi connectivity index (χ2n) is 16.7. The third-order valence-electron chi connectivity index (χ3n) is 10.6. The van der Waals surface area contributed by atoms with Crippen LogP contribution in [0.1, 0.15) is 28.8 Å². The Morgan fingerprint density at radius 2 is 1.31 bits per heavy atom. The number of benzene rings is 5. The first-order chi connectivity index (χ1) is 38.9. The van der Waals surface area contributed by atoms with Gasteiger partial charge >= 0.3 is 10.6 Å². The highest BCUT2D eigenvalue weighted by Crippen LogP contribution is 2.45. The monoisotopic (exact) mass is 1360 g/mol. The van der Waals surface area contributed by atoms with Crippen LogP contribution in [0.15, 0.2) is 118 Å². The second-order valence-corrected chi connectivity index (χ2v) is 27.5. The number of azo groups is 3. The number of hydrogen-bond acceptors (Lipinski definition) is 26. The summed E-state index contributed by atoms with van der Waals surface area (Å²) < 4.78 is 191. The van der Waals surface area contributed by atoms with Crippen molar-refractivity contribution in [2.45, 2.75) is 34.5 Å². The number of hydrogen-bond donors (Lipinski definition) is 7. The van der Waals surface area contributed by atoms with E-state index in [-0.39, 0.29) is 117 Å². The van der Waals surface area contributed by atoms with Crippen LogP contribution in [-0.4, -0.2) is 133 Å². The van der Waals surface area contributed by atoms with E-state index in [9.17, 15) is 70.2 Å². The number of aromatic hydroxyl groups is 1. The van der Waals surface area contributed by atoms with Crippen LogP contribution in [0.2, 0.25) is 10.0 Å². The summed E-state index contributed by atoms with van der Waals surface area (Å²) in [5.74, 6) is -2.60. The molecule has 8 N–H and O–H groups in total. The van der Waals surface area contributed by atoms with E-state index in [0.717, 1.165) is 41.3 Å². The number of aromatic nitrogens is 3. The summed E-state index contributed by atoms with van der Waals surface area (Å²) >= 11 is 15.2. The van der Waals surface area contributed by atoms with Crippen molar-refractivity contribution in [3.05, 3.63) is 94.0 Å². The van der Waals surface area contributed by atoms with Gasteiger partial charge in [0.1, 0.15) is 44.6 Å². The molecule has 448 valence electrons. The maximum Gasteiger partial charge on any atom is 0.425 e. The second kappa shape index (κ2) is 26.6. The zero-order valence-electron chi connectivity index (χ0n) is 42.1. The summed E-state index contributed by atoms with van der Waals surface area (Å²) in [7, 11) is -25.1. The molecule has 41 heteroatoms. The maximum absolute atomic E-state index is 12.7. The summed E-state index contributed by atoms with van der Waals surface area (Å²) in [5.41, 5.74) is 6.15. The highest BCUT2D eigenvalue weighted by molar-refractivity contribution is 7.99. The number of fused-ring (bicyclic) bond motifs is 6. The lowest BCUT2D eigenvalue weighted by Crippen LogP contribution is -2.15. The molecule has 0 atom stereocenters. The number of pyridine rings is 1. The molecule has 8 aromatic rings. The average Bonchev–Trinajstić information content (AvgIpc) is 2.43. The number of thioether (sulfide) groups is 1. The molecule has 0 radical (unpaired) electrons. The van der Waals surface area contributed by atoms with Gasteiger partial charge in [-0.25, -0.2) is 9.97 Å². The van der Waals surface area contributed by atoms with Crippen LogP contribution in [0.25, 0.3) is 37.7 Å². The number of nitrogens with zero attached hydrogens (tertiary/aromatic N) is 9. The van der Waals surface area contributed by atoms with Gasteiger partial charge in [-0.05, 0) is 85.0 Å². The van der Waals surface area contributed by atoms with Crippen molar-refractivity contribution in [2.75, 3.05) is 30.1 Å². The SMILES string of the molecule is CS(=O)(=O)O.Cc1c(N=Nc2cc(Cl)c(N=Nc3cc(Cl)c(N=Nc4nc5c(S(=O)(=O)O)cc6ccc(S(=O)(=O)O)cc6c5s4)cc3SCCCS(=O)(=O)O)cc2OCCCS(=O)(=O)O)c(O)n2c(nc3ccccc32)c1C(N)=O.O=S(=O)=O. The third-order valence-corrected chi connectivity index (χ3v) is 16.6. The van der Waals surface area contributed by atoms with E-state index in [1.165, 1.54) is 41.7 Å². The molecule has 0 fully saturated rings. The summed E-state index contributed by atoms with van der Waals surface area (Å²) in [6, 6.07) is 16.4. The predicted molar refractivity (Wildman–Crippen MR) is 305 cm³/mol.